The van der Waals surface area contributed by atoms with E-state index >= 15 is 0 Å². The highest BCUT2D eigenvalue weighted by Crippen LogP contribution is 2.30. The molecule has 0 amide bonds. The van der Waals surface area contributed by atoms with Crippen molar-refractivity contribution in [3.63, 3.8) is 0 Å². The molecule has 0 aromatic heterocycles. The molecule has 0 spiro atoms. The highest BCUT2D eigenvalue weighted by atomic mass is 35.5. The molecule has 1 N–H and O–H groups in total. The van der Waals surface area contributed by atoms with Crippen molar-refractivity contribution in [2.45, 2.75) is 32.7 Å². The second-order valence-corrected chi connectivity index (χ2v) is 5.06. The van der Waals surface area contributed by atoms with Gasteiger partial charge in [-0.1, -0.05) is 31.0 Å². The largest absolute Gasteiger partial charge is 0.492 e. The second-order valence-electron chi connectivity index (χ2n) is 4.65. The summed E-state index contributed by atoms with van der Waals surface area (Å²) in [7, 11) is 0. The molecule has 0 heterocycles. The van der Waals surface area contributed by atoms with Gasteiger partial charge in [0.05, 0.1) is 11.6 Å². The van der Waals surface area contributed by atoms with Crippen molar-refractivity contribution in [2.24, 2.45) is 5.92 Å². The molecule has 1 aromatic rings. The molecule has 0 unspecified atom stereocenters. The Kier molecular flexibility index (Phi) is 4.69. The van der Waals surface area contributed by atoms with Gasteiger partial charge in [-0.25, -0.2) is 0 Å². The number of hydrogen-bond donors (Lipinski definition) is 1. The van der Waals surface area contributed by atoms with Gasteiger partial charge in [-0.15, -0.1) is 0 Å². The minimum Gasteiger partial charge on any atom is -0.492 e. The molecule has 3 heteroatoms. The van der Waals surface area contributed by atoms with E-state index in [1.807, 2.05) is 12.1 Å². The predicted octanol–water partition coefficient (Wildman–Crippen LogP) is 3.63. The molecular weight excluding hydrogens is 234 g/mol. The Morgan fingerprint density at radius 2 is 2.24 bits per heavy atom. The van der Waals surface area contributed by atoms with Gasteiger partial charge in [0.2, 0.25) is 0 Å². The van der Waals surface area contributed by atoms with E-state index in [4.69, 9.17) is 16.3 Å². The van der Waals surface area contributed by atoms with E-state index in [0.717, 1.165) is 36.4 Å². The fourth-order valence-electron chi connectivity index (χ4n) is 1.91. The lowest BCUT2D eigenvalue weighted by Gasteiger charge is -2.25. The fourth-order valence-corrected chi connectivity index (χ4v) is 2.17. The van der Waals surface area contributed by atoms with Crippen molar-refractivity contribution in [3.05, 3.63) is 28.8 Å². The Morgan fingerprint density at radius 3 is 2.82 bits per heavy atom. The number of ether oxygens (including phenoxy) is 1. The van der Waals surface area contributed by atoms with Crippen LogP contribution in [0.25, 0.3) is 0 Å². The highest BCUT2D eigenvalue weighted by molar-refractivity contribution is 6.32. The van der Waals surface area contributed by atoms with E-state index in [9.17, 15) is 0 Å². The zero-order valence-electron chi connectivity index (χ0n) is 10.3. The van der Waals surface area contributed by atoms with Crippen molar-refractivity contribution in [1.29, 1.82) is 0 Å². The highest BCUT2D eigenvalue weighted by Gasteiger charge is 2.18. The molecule has 0 bridgehead atoms. The molecular formula is C14H20ClNO. The minimum atomic E-state index is 0.722. The molecule has 1 fully saturated rings. The van der Waals surface area contributed by atoms with Gasteiger partial charge in [0.25, 0.3) is 0 Å². The quantitative estimate of drug-likeness (QED) is 0.836. The molecule has 0 atom stereocenters. The van der Waals surface area contributed by atoms with Crippen molar-refractivity contribution in [3.8, 4) is 5.75 Å². The Hall–Kier alpha value is -0.730. The molecule has 1 saturated carbocycles. The zero-order valence-corrected chi connectivity index (χ0v) is 11.1. The molecule has 1 aliphatic carbocycles. The summed E-state index contributed by atoms with van der Waals surface area (Å²) >= 11 is 6.20. The molecule has 0 aliphatic heterocycles. The number of halogens is 1. The van der Waals surface area contributed by atoms with Crippen LogP contribution < -0.4 is 10.1 Å². The van der Waals surface area contributed by atoms with E-state index < -0.39 is 0 Å². The molecule has 0 radical (unpaired) electrons. The van der Waals surface area contributed by atoms with Gasteiger partial charge in [0.15, 0.2) is 0 Å². The van der Waals surface area contributed by atoms with Crippen LogP contribution in [0.5, 0.6) is 5.75 Å². The zero-order chi connectivity index (χ0) is 12.1. The Balaban J connectivity index is 1.88. The van der Waals surface area contributed by atoms with Gasteiger partial charge in [0, 0.05) is 6.54 Å². The van der Waals surface area contributed by atoms with Crippen LogP contribution in [0, 0.1) is 5.92 Å². The molecule has 2 nitrogen and oxygen atoms in total. The van der Waals surface area contributed by atoms with Gasteiger partial charge < -0.3 is 10.1 Å². The van der Waals surface area contributed by atoms with E-state index in [0.29, 0.717) is 0 Å². The van der Waals surface area contributed by atoms with Crippen LogP contribution in [0.15, 0.2) is 18.2 Å². The number of benzene rings is 1. The first-order valence-electron chi connectivity index (χ1n) is 6.41. The van der Waals surface area contributed by atoms with Crippen LogP contribution in [-0.4, -0.2) is 13.2 Å². The van der Waals surface area contributed by atoms with E-state index in [1.165, 1.54) is 24.8 Å². The third-order valence-electron chi connectivity index (χ3n) is 3.27. The molecule has 0 saturated heterocycles. The minimum absolute atomic E-state index is 0.722. The molecule has 1 aromatic carbocycles. The summed E-state index contributed by atoms with van der Waals surface area (Å²) in [6.45, 7) is 4.74. The standard InChI is InChI=1S/C14H20ClNO/c1-2-16-9-12-6-7-14(13(15)8-12)17-10-11-4-3-5-11/h6-8,11,16H,2-5,9-10H2,1H3. The third-order valence-corrected chi connectivity index (χ3v) is 3.57. The summed E-state index contributed by atoms with van der Waals surface area (Å²) in [6.07, 6.45) is 3.95. The van der Waals surface area contributed by atoms with E-state index in [-0.39, 0.29) is 0 Å². The van der Waals surface area contributed by atoms with Crippen LogP contribution in [0.3, 0.4) is 0 Å². The number of nitrogens with one attached hydrogen (secondary N) is 1. The lowest BCUT2D eigenvalue weighted by atomic mass is 9.86. The van der Waals surface area contributed by atoms with Crippen molar-refractivity contribution in [2.75, 3.05) is 13.2 Å². The van der Waals surface area contributed by atoms with Crippen molar-refractivity contribution < 1.29 is 4.74 Å². The first kappa shape index (κ1) is 12.7. The van der Waals surface area contributed by atoms with Gasteiger partial charge in [0.1, 0.15) is 5.75 Å². The van der Waals surface area contributed by atoms with Gasteiger partial charge in [-0.05, 0) is 43.0 Å². The Labute approximate surface area is 108 Å². The van der Waals surface area contributed by atoms with Crippen LogP contribution in [0.4, 0.5) is 0 Å². The molecule has 2 rings (SSSR count). The van der Waals surface area contributed by atoms with Crippen LogP contribution in [-0.2, 0) is 6.54 Å². The van der Waals surface area contributed by atoms with Crippen molar-refractivity contribution >= 4 is 11.6 Å². The summed E-state index contributed by atoms with van der Waals surface area (Å²) in [5, 5.41) is 4.00. The lowest BCUT2D eigenvalue weighted by Crippen LogP contribution is -2.19. The molecule has 17 heavy (non-hydrogen) atoms. The maximum Gasteiger partial charge on any atom is 0.137 e. The Bertz CT molecular complexity index is 363. The summed E-state index contributed by atoms with van der Waals surface area (Å²) in [4.78, 5) is 0. The van der Waals surface area contributed by atoms with Crippen LogP contribution >= 0.6 is 11.6 Å². The molecule has 94 valence electrons. The monoisotopic (exact) mass is 253 g/mol. The summed E-state index contributed by atoms with van der Waals surface area (Å²) in [6, 6.07) is 6.04. The summed E-state index contributed by atoms with van der Waals surface area (Å²) < 4.78 is 5.75. The topological polar surface area (TPSA) is 21.3 Å². The smallest absolute Gasteiger partial charge is 0.137 e. The number of rotatable bonds is 6. The normalized spacial score (nSPS) is 15.6. The maximum absolute atomic E-state index is 6.20. The SMILES string of the molecule is CCNCc1ccc(OCC2CCC2)c(Cl)c1. The average Bonchev–Trinajstić information content (AvgIpc) is 2.27. The van der Waals surface area contributed by atoms with Gasteiger partial charge in [-0.3, -0.25) is 0 Å². The first-order valence-corrected chi connectivity index (χ1v) is 6.79. The Morgan fingerprint density at radius 1 is 1.41 bits per heavy atom. The van der Waals surface area contributed by atoms with E-state index in [1.54, 1.807) is 0 Å². The average molecular weight is 254 g/mol. The number of hydrogen-bond acceptors (Lipinski definition) is 2. The first-order chi connectivity index (χ1) is 8.29. The fraction of sp³-hybridized carbons (Fsp3) is 0.571. The molecule has 1 aliphatic rings. The van der Waals surface area contributed by atoms with Crippen molar-refractivity contribution in [1.82, 2.24) is 5.32 Å². The van der Waals surface area contributed by atoms with Crippen LogP contribution in [0.2, 0.25) is 5.02 Å². The van der Waals surface area contributed by atoms with E-state index in [2.05, 4.69) is 18.3 Å². The third kappa shape index (κ3) is 3.62. The van der Waals surface area contributed by atoms with Crippen LogP contribution in [0.1, 0.15) is 31.7 Å². The lowest BCUT2D eigenvalue weighted by molar-refractivity contribution is 0.180. The second kappa shape index (κ2) is 6.27. The predicted molar refractivity (Wildman–Crippen MR) is 71.7 cm³/mol. The van der Waals surface area contributed by atoms with Gasteiger partial charge in [-0.2, -0.15) is 0 Å². The summed E-state index contributed by atoms with van der Waals surface area (Å²) in [5.41, 5.74) is 1.20. The maximum atomic E-state index is 6.20. The summed E-state index contributed by atoms with van der Waals surface area (Å²) in [5.74, 6) is 1.56. The van der Waals surface area contributed by atoms with Gasteiger partial charge >= 0.3 is 0 Å².